The smallest absolute Gasteiger partial charge is 0.0485 e. The van der Waals surface area contributed by atoms with E-state index >= 15 is 0 Å². The van der Waals surface area contributed by atoms with Gasteiger partial charge in [0.25, 0.3) is 0 Å². The molecular formula is C14H20BrClN2. The summed E-state index contributed by atoms with van der Waals surface area (Å²) in [5, 5.41) is 0. The first-order valence-corrected chi connectivity index (χ1v) is 7.67. The van der Waals surface area contributed by atoms with Crippen molar-refractivity contribution in [1.82, 2.24) is 4.90 Å². The number of benzene rings is 1. The minimum absolute atomic E-state index is 0.552. The Balaban J connectivity index is 2.19. The molecule has 0 aliphatic carbocycles. The van der Waals surface area contributed by atoms with E-state index in [1.807, 2.05) is 0 Å². The molecule has 2 unspecified atom stereocenters. The fourth-order valence-corrected chi connectivity index (χ4v) is 3.36. The van der Waals surface area contributed by atoms with Gasteiger partial charge < -0.3 is 4.90 Å². The molecule has 1 aromatic rings. The second kappa shape index (κ2) is 5.81. The number of anilines is 1. The molecule has 2 atom stereocenters. The second-order valence-electron chi connectivity index (χ2n) is 5.18. The molecule has 1 aliphatic rings. The first kappa shape index (κ1) is 14.2. The molecule has 2 nitrogen and oxygen atoms in total. The maximum Gasteiger partial charge on any atom is 0.0485 e. The summed E-state index contributed by atoms with van der Waals surface area (Å²) in [6.45, 7) is 6.72. The number of halogens is 2. The van der Waals surface area contributed by atoms with Crippen LogP contribution in [-0.4, -0.2) is 37.1 Å². The molecule has 0 saturated carbocycles. The highest BCUT2D eigenvalue weighted by atomic mass is 79.9. The third-order valence-electron chi connectivity index (χ3n) is 3.91. The predicted molar refractivity (Wildman–Crippen MR) is 82.6 cm³/mol. The third-order valence-corrected chi connectivity index (χ3v) is 4.93. The highest BCUT2D eigenvalue weighted by molar-refractivity contribution is 9.10. The number of piperazine rings is 1. The lowest BCUT2D eigenvalue weighted by atomic mass is 10.1. The van der Waals surface area contributed by atoms with Gasteiger partial charge in [-0.15, -0.1) is 11.6 Å². The zero-order valence-electron chi connectivity index (χ0n) is 11.2. The van der Waals surface area contributed by atoms with E-state index in [-0.39, 0.29) is 0 Å². The number of hydrogen-bond donors (Lipinski definition) is 0. The summed E-state index contributed by atoms with van der Waals surface area (Å²) in [6, 6.07) is 7.64. The van der Waals surface area contributed by atoms with Crippen LogP contribution in [-0.2, 0) is 5.88 Å². The Hall–Kier alpha value is -0.250. The summed E-state index contributed by atoms with van der Waals surface area (Å²) in [5.74, 6) is 0.552. The van der Waals surface area contributed by atoms with Gasteiger partial charge in [-0.2, -0.15) is 0 Å². The van der Waals surface area contributed by atoms with Gasteiger partial charge >= 0.3 is 0 Å². The maximum absolute atomic E-state index is 5.89. The van der Waals surface area contributed by atoms with E-state index in [1.165, 1.54) is 5.69 Å². The van der Waals surface area contributed by atoms with E-state index < -0.39 is 0 Å². The van der Waals surface area contributed by atoms with Crippen molar-refractivity contribution in [3.8, 4) is 0 Å². The molecule has 1 aromatic carbocycles. The van der Waals surface area contributed by atoms with Crippen LogP contribution < -0.4 is 4.90 Å². The summed E-state index contributed by atoms with van der Waals surface area (Å²) in [5.41, 5.74) is 2.43. The minimum Gasteiger partial charge on any atom is -0.368 e. The van der Waals surface area contributed by atoms with Crippen LogP contribution >= 0.6 is 27.5 Å². The average molecular weight is 332 g/mol. The monoisotopic (exact) mass is 330 g/mol. The van der Waals surface area contributed by atoms with Crippen LogP contribution in [0.25, 0.3) is 0 Å². The minimum atomic E-state index is 0.552. The molecule has 0 amide bonds. The number of hydrogen-bond acceptors (Lipinski definition) is 2. The molecule has 4 heteroatoms. The van der Waals surface area contributed by atoms with Crippen LogP contribution in [0.2, 0.25) is 0 Å². The summed E-state index contributed by atoms with van der Waals surface area (Å²) in [7, 11) is 2.21. The number of likely N-dealkylation sites (N-methyl/N-ethyl adjacent to an activating group) is 1. The third kappa shape index (κ3) is 2.84. The van der Waals surface area contributed by atoms with Crippen LogP contribution in [0.3, 0.4) is 0 Å². The Morgan fingerprint density at radius 1 is 1.28 bits per heavy atom. The predicted octanol–water partition coefficient (Wildman–Crippen LogP) is 3.72. The van der Waals surface area contributed by atoms with Gasteiger partial charge in [0, 0.05) is 41.2 Å². The van der Waals surface area contributed by atoms with E-state index in [0.717, 1.165) is 23.1 Å². The Morgan fingerprint density at radius 3 is 2.39 bits per heavy atom. The van der Waals surface area contributed by atoms with Gasteiger partial charge in [0.05, 0.1) is 0 Å². The van der Waals surface area contributed by atoms with E-state index in [4.69, 9.17) is 11.6 Å². The highest BCUT2D eigenvalue weighted by Crippen LogP contribution is 2.27. The highest BCUT2D eigenvalue weighted by Gasteiger charge is 2.26. The topological polar surface area (TPSA) is 6.48 Å². The molecule has 100 valence electrons. The molecule has 0 aromatic heterocycles. The zero-order valence-corrected chi connectivity index (χ0v) is 13.5. The molecule has 1 saturated heterocycles. The lowest BCUT2D eigenvalue weighted by molar-refractivity contribution is 0.170. The normalized spacial score (nSPS) is 25.5. The van der Waals surface area contributed by atoms with Gasteiger partial charge in [-0.05, 0) is 38.6 Å². The largest absolute Gasteiger partial charge is 0.368 e. The molecule has 1 fully saturated rings. The molecule has 0 spiro atoms. The van der Waals surface area contributed by atoms with E-state index in [9.17, 15) is 0 Å². The molecule has 0 N–H and O–H groups in total. The van der Waals surface area contributed by atoms with Crippen molar-refractivity contribution in [2.24, 2.45) is 0 Å². The standard InChI is InChI=1S/C14H20BrClN2/c1-10-8-18(9-11(2)17(10)3)13-5-4-12(7-16)14(15)6-13/h4-6,10-11H,7-9H2,1-3H3. The van der Waals surface area contributed by atoms with Crippen molar-refractivity contribution >= 4 is 33.2 Å². The van der Waals surface area contributed by atoms with Crippen molar-refractivity contribution < 1.29 is 0 Å². The van der Waals surface area contributed by atoms with Gasteiger partial charge in [0.15, 0.2) is 0 Å². The fourth-order valence-electron chi connectivity index (χ4n) is 2.46. The zero-order chi connectivity index (χ0) is 13.3. The summed E-state index contributed by atoms with van der Waals surface area (Å²) < 4.78 is 1.11. The second-order valence-corrected chi connectivity index (χ2v) is 6.30. The molecule has 0 bridgehead atoms. The molecule has 1 aliphatic heterocycles. The summed E-state index contributed by atoms with van der Waals surface area (Å²) >= 11 is 9.48. The molecule has 1 heterocycles. The van der Waals surface area contributed by atoms with Gasteiger partial charge in [0.2, 0.25) is 0 Å². The van der Waals surface area contributed by atoms with Gasteiger partial charge in [0.1, 0.15) is 0 Å². The SMILES string of the molecule is CC1CN(c2ccc(CCl)c(Br)c2)CC(C)N1C. The van der Waals surface area contributed by atoms with Gasteiger partial charge in [-0.3, -0.25) is 4.90 Å². The van der Waals surface area contributed by atoms with Gasteiger partial charge in [-0.1, -0.05) is 22.0 Å². The molecule has 2 rings (SSSR count). The lowest BCUT2D eigenvalue weighted by Gasteiger charge is -2.43. The quantitative estimate of drug-likeness (QED) is 0.762. The molecule has 18 heavy (non-hydrogen) atoms. The van der Waals surface area contributed by atoms with Crippen molar-refractivity contribution in [2.75, 3.05) is 25.0 Å². The maximum atomic E-state index is 5.89. The van der Waals surface area contributed by atoms with Crippen molar-refractivity contribution in [2.45, 2.75) is 31.8 Å². The lowest BCUT2D eigenvalue weighted by Crippen LogP contribution is -2.55. The van der Waals surface area contributed by atoms with Crippen molar-refractivity contribution in [1.29, 1.82) is 0 Å². The Labute approximate surface area is 123 Å². The van der Waals surface area contributed by atoms with E-state index in [0.29, 0.717) is 18.0 Å². The van der Waals surface area contributed by atoms with E-state index in [2.05, 4.69) is 64.8 Å². The molecule has 0 radical (unpaired) electrons. The van der Waals surface area contributed by atoms with Crippen LogP contribution in [0.4, 0.5) is 5.69 Å². The van der Waals surface area contributed by atoms with Crippen molar-refractivity contribution in [3.05, 3.63) is 28.2 Å². The van der Waals surface area contributed by atoms with Crippen LogP contribution in [0.5, 0.6) is 0 Å². The average Bonchev–Trinajstić information content (AvgIpc) is 2.35. The number of alkyl halides is 1. The first-order valence-electron chi connectivity index (χ1n) is 6.34. The molecular weight excluding hydrogens is 312 g/mol. The van der Waals surface area contributed by atoms with Gasteiger partial charge in [-0.25, -0.2) is 0 Å². The Bertz CT molecular complexity index is 412. The summed E-state index contributed by atoms with van der Waals surface area (Å²) in [4.78, 5) is 4.90. The fraction of sp³-hybridized carbons (Fsp3) is 0.571. The van der Waals surface area contributed by atoms with E-state index in [1.54, 1.807) is 0 Å². The number of nitrogens with zero attached hydrogens (tertiary/aromatic N) is 2. The van der Waals surface area contributed by atoms with Crippen LogP contribution in [0, 0.1) is 0 Å². The van der Waals surface area contributed by atoms with Crippen LogP contribution in [0.15, 0.2) is 22.7 Å². The number of rotatable bonds is 2. The van der Waals surface area contributed by atoms with Crippen molar-refractivity contribution in [3.63, 3.8) is 0 Å². The Morgan fingerprint density at radius 2 is 1.89 bits per heavy atom. The first-order chi connectivity index (χ1) is 8.52. The van der Waals surface area contributed by atoms with Crippen LogP contribution in [0.1, 0.15) is 19.4 Å². The Kier molecular flexibility index (Phi) is 4.57. The summed E-state index contributed by atoms with van der Waals surface area (Å²) in [6.07, 6.45) is 0.